The zero-order valence-electron chi connectivity index (χ0n) is 17.1. The molecule has 0 saturated heterocycles. The minimum Gasteiger partial charge on any atom is -0.419 e. The predicted molar refractivity (Wildman–Crippen MR) is 123 cm³/mol. The minimum absolute atomic E-state index is 0.0735. The van der Waals surface area contributed by atoms with E-state index in [9.17, 15) is 4.79 Å². The fourth-order valence-electron chi connectivity index (χ4n) is 2.72. The number of nitrogens with zero attached hydrogens (tertiary/aromatic N) is 4. The predicted octanol–water partition coefficient (Wildman–Crippen LogP) is 5.45. The lowest BCUT2D eigenvalue weighted by Gasteiger charge is -2.05. The van der Waals surface area contributed by atoms with E-state index in [2.05, 4.69) is 31.0 Å². The van der Waals surface area contributed by atoms with Gasteiger partial charge in [0.05, 0.1) is 5.25 Å². The average molecular weight is 453 g/mol. The molecule has 158 valence electrons. The molecule has 31 heavy (non-hydrogen) atoms. The van der Waals surface area contributed by atoms with Gasteiger partial charge in [-0.1, -0.05) is 46.9 Å². The van der Waals surface area contributed by atoms with Gasteiger partial charge in [0.15, 0.2) is 4.34 Å². The molecule has 4 rings (SSSR count). The first-order chi connectivity index (χ1) is 15.0. The van der Waals surface area contributed by atoms with E-state index in [1.165, 1.54) is 35.6 Å². The van der Waals surface area contributed by atoms with Gasteiger partial charge in [0.25, 0.3) is 0 Å². The molecule has 8 nitrogen and oxygen atoms in total. The maximum Gasteiger partial charge on any atom is 0.247 e. The van der Waals surface area contributed by atoms with Crippen LogP contribution in [0.4, 0.5) is 16.5 Å². The summed E-state index contributed by atoms with van der Waals surface area (Å²) in [5.74, 6) is 0.918. The molecule has 1 amide bonds. The molecule has 0 aliphatic carbocycles. The van der Waals surface area contributed by atoms with Gasteiger partial charge < -0.3 is 15.1 Å². The minimum atomic E-state index is -0.118. The summed E-state index contributed by atoms with van der Waals surface area (Å²) in [5.41, 5.74) is 3.60. The number of thioether (sulfide) groups is 1. The third-order valence-corrected chi connectivity index (χ3v) is 6.22. The Balaban J connectivity index is 1.40. The molecule has 0 aliphatic heterocycles. The van der Waals surface area contributed by atoms with Gasteiger partial charge in [-0.15, -0.1) is 20.4 Å². The average Bonchev–Trinajstić information content (AvgIpc) is 3.38. The monoisotopic (exact) mass is 452 g/mol. The van der Waals surface area contributed by atoms with Crippen LogP contribution in [-0.2, 0) is 4.79 Å². The lowest BCUT2D eigenvalue weighted by Crippen LogP contribution is -2.05. The summed E-state index contributed by atoms with van der Waals surface area (Å²) in [6.45, 7) is 5.50. The van der Waals surface area contributed by atoms with Gasteiger partial charge in [0.2, 0.25) is 22.8 Å². The zero-order valence-corrected chi connectivity index (χ0v) is 18.8. The highest BCUT2D eigenvalue weighted by Crippen LogP contribution is 2.38. The Morgan fingerprint density at radius 1 is 1.06 bits per heavy atom. The van der Waals surface area contributed by atoms with Crippen LogP contribution >= 0.6 is 23.1 Å². The van der Waals surface area contributed by atoms with Gasteiger partial charge in [0, 0.05) is 23.9 Å². The van der Waals surface area contributed by atoms with Crippen LogP contribution < -0.4 is 10.6 Å². The third-order valence-electron chi connectivity index (χ3n) is 4.21. The number of aryl methyl sites for hydroxylation is 1. The van der Waals surface area contributed by atoms with Crippen molar-refractivity contribution in [1.82, 2.24) is 20.4 Å². The van der Waals surface area contributed by atoms with E-state index in [1.807, 2.05) is 62.4 Å². The molecular weight excluding hydrogens is 432 g/mol. The Kier molecular flexibility index (Phi) is 6.28. The second kappa shape index (κ2) is 9.27. The van der Waals surface area contributed by atoms with Crippen LogP contribution in [0.25, 0.3) is 11.5 Å². The van der Waals surface area contributed by atoms with Gasteiger partial charge in [-0.25, -0.2) is 0 Å². The van der Waals surface area contributed by atoms with Gasteiger partial charge in [-0.05, 0) is 44.2 Å². The Morgan fingerprint density at radius 2 is 1.84 bits per heavy atom. The summed E-state index contributed by atoms with van der Waals surface area (Å²) in [6, 6.07) is 15.4. The Labute approximate surface area is 187 Å². The van der Waals surface area contributed by atoms with Crippen LogP contribution in [-0.4, -0.2) is 26.3 Å². The summed E-state index contributed by atoms with van der Waals surface area (Å²) < 4.78 is 6.63. The molecule has 10 heteroatoms. The molecular formula is C21H20N6O2S2. The molecule has 0 aliphatic rings. The van der Waals surface area contributed by atoms with Crippen LogP contribution in [0.5, 0.6) is 0 Å². The lowest BCUT2D eigenvalue weighted by molar-refractivity contribution is -0.114. The Hall–Kier alpha value is -3.24. The maximum absolute atomic E-state index is 11.2. The highest BCUT2D eigenvalue weighted by molar-refractivity contribution is 8.01. The number of amides is 1. The molecule has 2 aromatic heterocycles. The quantitative estimate of drug-likeness (QED) is 0.357. The Bertz CT molecular complexity index is 1190. The second-order valence-electron chi connectivity index (χ2n) is 6.83. The first-order valence-corrected chi connectivity index (χ1v) is 11.2. The third kappa shape index (κ3) is 5.47. The molecule has 2 N–H and O–H groups in total. The maximum atomic E-state index is 11.2. The van der Waals surface area contributed by atoms with Crippen molar-refractivity contribution in [2.45, 2.75) is 30.4 Å². The lowest BCUT2D eigenvalue weighted by atomic mass is 10.1. The molecule has 0 fully saturated rings. The van der Waals surface area contributed by atoms with E-state index < -0.39 is 0 Å². The van der Waals surface area contributed by atoms with E-state index in [4.69, 9.17) is 4.42 Å². The van der Waals surface area contributed by atoms with Gasteiger partial charge in [0.1, 0.15) is 0 Å². The van der Waals surface area contributed by atoms with E-state index in [0.717, 1.165) is 15.6 Å². The van der Waals surface area contributed by atoms with Crippen molar-refractivity contribution in [3.63, 3.8) is 0 Å². The number of hydrogen-bond donors (Lipinski definition) is 2. The summed E-state index contributed by atoms with van der Waals surface area (Å²) in [6.07, 6.45) is 0. The number of hydrogen-bond acceptors (Lipinski definition) is 9. The van der Waals surface area contributed by atoms with Gasteiger partial charge >= 0.3 is 0 Å². The molecule has 0 saturated carbocycles. The second-order valence-corrected chi connectivity index (χ2v) is 9.40. The zero-order chi connectivity index (χ0) is 21.8. The highest BCUT2D eigenvalue weighted by Gasteiger charge is 2.18. The number of carbonyl (C=O) groups excluding carboxylic acids is 1. The summed E-state index contributed by atoms with van der Waals surface area (Å²) in [7, 11) is 0. The highest BCUT2D eigenvalue weighted by atomic mass is 32.2. The van der Waals surface area contributed by atoms with Crippen molar-refractivity contribution >= 4 is 45.5 Å². The van der Waals surface area contributed by atoms with E-state index >= 15 is 0 Å². The SMILES string of the molecule is CC(=O)Nc1cccc(Nc2nnc(SC(C)c3nnc(-c4ccc(C)cc4)o3)s2)c1. The van der Waals surface area contributed by atoms with Gasteiger partial charge in [-0.3, -0.25) is 4.79 Å². The van der Waals surface area contributed by atoms with E-state index in [-0.39, 0.29) is 11.2 Å². The summed E-state index contributed by atoms with van der Waals surface area (Å²) in [5, 5.41) is 23.3. The largest absolute Gasteiger partial charge is 0.419 e. The van der Waals surface area contributed by atoms with Crippen LogP contribution in [0.15, 0.2) is 57.3 Å². The molecule has 0 bridgehead atoms. The van der Waals surface area contributed by atoms with Crippen molar-refractivity contribution in [2.75, 3.05) is 10.6 Å². The molecule has 1 atom stereocenters. The number of rotatable bonds is 7. The van der Waals surface area contributed by atoms with Crippen LogP contribution in [0.1, 0.15) is 30.6 Å². The fraction of sp³-hybridized carbons (Fsp3) is 0.190. The standard InChI is InChI=1S/C21H20N6O2S2/c1-12-7-9-15(10-8-12)19-25-24-18(29-19)13(2)30-21-27-26-20(31-21)23-17-6-4-5-16(11-17)22-14(3)28/h4-11,13H,1-3H3,(H,22,28)(H,23,26). The van der Waals surface area contributed by atoms with Crippen molar-refractivity contribution in [3.05, 3.63) is 60.0 Å². The van der Waals surface area contributed by atoms with Crippen LogP contribution in [0, 0.1) is 6.92 Å². The topological polar surface area (TPSA) is 106 Å². The number of anilines is 3. The number of aromatic nitrogens is 4. The molecule has 2 aromatic carbocycles. The van der Waals surface area contributed by atoms with Crippen molar-refractivity contribution in [3.8, 4) is 11.5 Å². The first kappa shape index (κ1) is 21.0. The number of carbonyl (C=O) groups is 1. The van der Waals surface area contributed by atoms with Gasteiger partial charge in [-0.2, -0.15) is 0 Å². The normalized spacial score (nSPS) is 11.8. The number of benzene rings is 2. The van der Waals surface area contributed by atoms with Crippen molar-refractivity contribution in [1.29, 1.82) is 0 Å². The fourth-order valence-corrected chi connectivity index (χ4v) is 4.67. The van der Waals surface area contributed by atoms with E-state index in [1.54, 1.807) is 0 Å². The van der Waals surface area contributed by atoms with Crippen LogP contribution in [0.2, 0.25) is 0 Å². The van der Waals surface area contributed by atoms with Crippen molar-refractivity contribution < 1.29 is 9.21 Å². The Morgan fingerprint density at radius 3 is 2.61 bits per heavy atom. The molecule has 2 heterocycles. The smallest absolute Gasteiger partial charge is 0.247 e. The molecule has 4 aromatic rings. The molecule has 0 radical (unpaired) electrons. The summed E-state index contributed by atoms with van der Waals surface area (Å²) in [4.78, 5) is 11.2. The van der Waals surface area contributed by atoms with Crippen molar-refractivity contribution in [2.24, 2.45) is 0 Å². The molecule has 0 spiro atoms. The van der Waals surface area contributed by atoms with E-state index in [0.29, 0.717) is 22.6 Å². The molecule has 1 unspecified atom stereocenters. The summed E-state index contributed by atoms with van der Waals surface area (Å²) >= 11 is 2.93. The number of nitrogens with one attached hydrogen (secondary N) is 2. The first-order valence-electron chi connectivity index (χ1n) is 9.51. The van der Waals surface area contributed by atoms with Crippen LogP contribution in [0.3, 0.4) is 0 Å².